The molecule has 0 spiro atoms. The van der Waals surface area contributed by atoms with E-state index in [1.165, 1.54) is 0 Å². The average molecular weight is 312 g/mol. The van der Waals surface area contributed by atoms with Crippen LogP contribution in [0.5, 0.6) is 0 Å². The first kappa shape index (κ1) is 16.0. The van der Waals surface area contributed by atoms with Gasteiger partial charge in [-0.3, -0.25) is 0 Å². The van der Waals surface area contributed by atoms with Crippen LogP contribution in [0.15, 0.2) is 6.07 Å². The highest BCUT2D eigenvalue weighted by Crippen LogP contribution is 2.28. The van der Waals surface area contributed by atoms with Gasteiger partial charge >= 0.3 is 6.09 Å². The summed E-state index contributed by atoms with van der Waals surface area (Å²) in [5.41, 5.74) is 1.39. The number of carbonyl (C=O) groups is 1. The first-order chi connectivity index (χ1) is 9.74. The Hall–Kier alpha value is -1.36. The SMILES string of the molecule is Cc1cc(C2CCN(C(=O)OC(C)(C)C)CC2)nc(Cl)n1. The van der Waals surface area contributed by atoms with Crippen LogP contribution in [-0.2, 0) is 4.74 Å². The summed E-state index contributed by atoms with van der Waals surface area (Å²) >= 11 is 5.91. The smallest absolute Gasteiger partial charge is 0.410 e. The van der Waals surface area contributed by atoms with Gasteiger partial charge in [0.1, 0.15) is 5.60 Å². The van der Waals surface area contributed by atoms with E-state index in [4.69, 9.17) is 16.3 Å². The number of piperidine rings is 1. The molecule has 0 unspecified atom stereocenters. The van der Waals surface area contributed by atoms with E-state index in [0.29, 0.717) is 24.3 Å². The minimum atomic E-state index is -0.453. The largest absolute Gasteiger partial charge is 0.444 e. The molecular weight excluding hydrogens is 290 g/mol. The van der Waals surface area contributed by atoms with Gasteiger partial charge in [-0.15, -0.1) is 0 Å². The summed E-state index contributed by atoms with van der Waals surface area (Å²) in [5.74, 6) is 0.322. The molecule has 0 saturated carbocycles. The number of hydrogen-bond acceptors (Lipinski definition) is 4. The lowest BCUT2D eigenvalue weighted by molar-refractivity contribution is 0.0204. The van der Waals surface area contributed by atoms with Gasteiger partial charge in [0.05, 0.1) is 0 Å². The third-order valence-electron chi connectivity index (χ3n) is 3.41. The molecule has 1 aliphatic heterocycles. The van der Waals surface area contributed by atoms with Crippen molar-refractivity contribution in [1.82, 2.24) is 14.9 Å². The number of likely N-dealkylation sites (tertiary alicyclic amines) is 1. The van der Waals surface area contributed by atoms with Crippen LogP contribution in [0.1, 0.15) is 50.9 Å². The molecule has 5 nitrogen and oxygen atoms in total. The Kier molecular flexibility index (Phi) is 4.71. The van der Waals surface area contributed by atoms with Crippen LogP contribution in [0.25, 0.3) is 0 Å². The fraction of sp³-hybridized carbons (Fsp3) is 0.667. The number of aromatic nitrogens is 2. The third-order valence-corrected chi connectivity index (χ3v) is 3.58. The summed E-state index contributed by atoms with van der Waals surface area (Å²) in [6.07, 6.45) is 1.50. The van der Waals surface area contributed by atoms with Crippen molar-refractivity contribution in [2.45, 2.75) is 52.1 Å². The number of ether oxygens (including phenoxy) is 1. The van der Waals surface area contributed by atoms with Gasteiger partial charge in [-0.25, -0.2) is 14.8 Å². The maximum atomic E-state index is 12.0. The lowest BCUT2D eigenvalue weighted by Crippen LogP contribution is -2.41. The van der Waals surface area contributed by atoms with Crippen LogP contribution in [-0.4, -0.2) is 39.7 Å². The molecule has 0 N–H and O–H groups in total. The van der Waals surface area contributed by atoms with E-state index in [9.17, 15) is 4.79 Å². The Morgan fingerprint density at radius 2 is 1.95 bits per heavy atom. The Labute approximate surface area is 130 Å². The molecular formula is C15H22ClN3O2. The Balaban J connectivity index is 1.95. The molecule has 1 saturated heterocycles. The molecule has 0 bridgehead atoms. The zero-order chi connectivity index (χ0) is 15.6. The maximum Gasteiger partial charge on any atom is 0.410 e. The van der Waals surface area contributed by atoms with Crippen molar-refractivity contribution in [3.05, 3.63) is 22.7 Å². The van der Waals surface area contributed by atoms with Crippen molar-refractivity contribution in [1.29, 1.82) is 0 Å². The van der Waals surface area contributed by atoms with Gasteiger partial charge in [0.15, 0.2) is 0 Å². The molecule has 1 aromatic rings. The van der Waals surface area contributed by atoms with E-state index >= 15 is 0 Å². The summed E-state index contributed by atoms with van der Waals surface area (Å²) in [6.45, 7) is 8.91. The van der Waals surface area contributed by atoms with Gasteiger partial charge in [-0.05, 0) is 58.2 Å². The second kappa shape index (κ2) is 6.18. The highest BCUT2D eigenvalue weighted by molar-refractivity contribution is 6.28. The van der Waals surface area contributed by atoms with Crippen LogP contribution in [0.4, 0.5) is 4.79 Å². The van der Waals surface area contributed by atoms with Gasteiger partial charge in [0, 0.05) is 30.4 Å². The van der Waals surface area contributed by atoms with Crippen molar-refractivity contribution in [3.8, 4) is 0 Å². The molecule has 0 aliphatic carbocycles. The van der Waals surface area contributed by atoms with Gasteiger partial charge in [-0.2, -0.15) is 0 Å². The van der Waals surface area contributed by atoms with Crippen molar-refractivity contribution >= 4 is 17.7 Å². The number of halogens is 1. The standard InChI is InChI=1S/C15H22ClN3O2/c1-10-9-12(18-13(16)17-10)11-5-7-19(8-6-11)14(20)21-15(2,3)4/h9,11H,5-8H2,1-4H3. The number of hydrogen-bond donors (Lipinski definition) is 0. The van der Waals surface area contributed by atoms with E-state index in [2.05, 4.69) is 9.97 Å². The molecule has 0 atom stereocenters. The lowest BCUT2D eigenvalue weighted by Gasteiger charge is -2.33. The molecule has 116 valence electrons. The minimum absolute atomic E-state index is 0.238. The maximum absolute atomic E-state index is 12.0. The third kappa shape index (κ3) is 4.56. The first-order valence-corrected chi connectivity index (χ1v) is 7.61. The molecule has 2 rings (SSSR count). The first-order valence-electron chi connectivity index (χ1n) is 7.23. The van der Waals surface area contributed by atoms with Crippen LogP contribution < -0.4 is 0 Å². The number of amides is 1. The average Bonchev–Trinajstić information content (AvgIpc) is 2.35. The van der Waals surface area contributed by atoms with Gasteiger partial charge in [0.25, 0.3) is 0 Å². The molecule has 1 amide bonds. The fourth-order valence-corrected chi connectivity index (χ4v) is 2.68. The molecule has 0 aromatic carbocycles. The molecule has 2 heterocycles. The molecule has 0 radical (unpaired) electrons. The molecule has 21 heavy (non-hydrogen) atoms. The van der Waals surface area contributed by atoms with Crippen molar-refractivity contribution < 1.29 is 9.53 Å². The molecule has 6 heteroatoms. The fourth-order valence-electron chi connectivity index (χ4n) is 2.45. The number of aryl methyl sites for hydroxylation is 1. The summed E-state index contributed by atoms with van der Waals surface area (Å²) in [4.78, 5) is 22.2. The minimum Gasteiger partial charge on any atom is -0.444 e. The topological polar surface area (TPSA) is 55.3 Å². The summed E-state index contributed by atoms with van der Waals surface area (Å²) < 4.78 is 5.40. The van der Waals surface area contributed by atoms with Crippen molar-refractivity contribution in [2.24, 2.45) is 0 Å². The highest BCUT2D eigenvalue weighted by Gasteiger charge is 2.28. The summed E-state index contributed by atoms with van der Waals surface area (Å²) in [7, 11) is 0. The zero-order valence-electron chi connectivity index (χ0n) is 13.0. The highest BCUT2D eigenvalue weighted by atomic mass is 35.5. The van der Waals surface area contributed by atoms with Crippen molar-refractivity contribution in [2.75, 3.05) is 13.1 Å². The second-order valence-electron chi connectivity index (χ2n) is 6.44. The second-order valence-corrected chi connectivity index (χ2v) is 6.78. The summed E-state index contributed by atoms with van der Waals surface area (Å²) in [5, 5.41) is 0.291. The van der Waals surface area contributed by atoms with Crippen LogP contribution in [0.2, 0.25) is 5.28 Å². The Morgan fingerprint density at radius 3 is 2.48 bits per heavy atom. The van der Waals surface area contributed by atoms with E-state index in [0.717, 1.165) is 24.2 Å². The Morgan fingerprint density at radius 1 is 1.33 bits per heavy atom. The van der Waals surface area contributed by atoms with Crippen LogP contribution >= 0.6 is 11.6 Å². The van der Waals surface area contributed by atoms with Crippen LogP contribution in [0.3, 0.4) is 0 Å². The van der Waals surface area contributed by atoms with E-state index in [-0.39, 0.29) is 6.09 Å². The normalized spacial score (nSPS) is 16.9. The van der Waals surface area contributed by atoms with E-state index in [1.54, 1.807) is 4.90 Å². The van der Waals surface area contributed by atoms with Gasteiger partial charge in [-0.1, -0.05) is 0 Å². The Bertz CT molecular complexity index is 500. The van der Waals surface area contributed by atoms with E-state index < -0.39 is 5.60 Å². The molecule has 1 aromatic heterocycles. The van der Waals surface area contributed by atoms with E-state index in [1.807, 2.05) is 33.8 Å². The van der Waals surface area contributed by atoms with Crippen LogP contribution in [0, 0.1) is 6.92 Å². The van der Waals surface area contributed by atoms with Gasteiger partial charge in [0.2, 0.25) is 5.28 Å². The van der Waals surface area contributed by atoms with Gasteiger partial charge < -0.3 is 9.64 Å². The zero-order valence-corrected chi connectivity index (χ0v) is 13.8. The predicted molar refractivity (Wildman–Crippen MR) is 81.6 cm³/mol. The number of rotatable bonds is 1. The summed E-state index contributed by atoms with van der Waals surface area (Å²) in [6, 6.07) is 1.97. The predicted octanol–water partition coefficient (Wildman–Crippen LogP) is 3.55. The monoisotopic (exact) mass is 311 g/mol. The number of carbonyl (C=O) groups excluding carboxylic acids is 1. The molecule has 1 aliphatic rings. The van der Waals surface area contributed by atoms with Crippen molar-refractivity contribution in [3.63, 3.8) is 0 Å². The quantitative estimate of drug-likeness (QED) is 0.744. The lowest BCUT2D eigenvalue weighted by atomic mass is 9.93. The molecule has 1 fully saturated rings. The number of nitrogens with zero attached hydrogens (tertiary/aromatic N) is 3.